The number of benzene rings is 1. The second-order valence-electron chi connectivity index (χ2n) is 2.39. The first-order valence-corrected chi connectivity index (χ1v) is 3.38. The Morgan fingerprint density at radius 3 is 2.58 bits per heavy atom. The van der Waals surface area contributed by atoms with Crippen LogP contribution < -0.4 is 4.90 Å². The van der Waals surface area contributed by atoms with Gasteiger partial charge in [-0.2, -0.15) is 0 Å². The zero-order valence-electron chi connectivity index (χ0n) is 6.52. The van der Waals surface area contributed by atoms with Crippen molar-refractivity contribution in [3.8, 4) is 0 Å². The molecule has 0 aromatic heterocycles. The zero-order chi connectivity index (χ0) is 9.14. The summed E-state index contributed by atoms with van der Waals surface area (Å²) in [5.41, 5.74) is -0.0718. The third-order valence-corrected chi connectivity index (χ3v) is 1.52. The van der Waals surface area contributed by atoms with E-state index in [4.69, 9.17) is 0 Å². The second-order valence-corrected chi connectivity index (χ2v) is 2.39. The molecular weight excluding hydrogens is 167 g/mol. The Morgan fingerprint density at radius 2 is 2.00 bits per heavy atom. The van der Waals surface area contributed by atoms with Gasteiger partial charge in [-0.1, -0.05) is 6.07 Å². The molecule has 0 amide bonds. The van der Waals surface area contributed by atoms with Gasteiger partial charge in [0.1, 0.15) is 0 Å². The summed E-state index contributed by atoms with van der Waals surface area (Å²) in [7, 11) is 1.35. The van der Waals surface area contributed by atoms with Gasteiger partial charge in [0.25, 0.3) is 0 Å². The van der Waals surface area contributed by atoms with Crippen LogP contribution in [0.25, 0.3) is 0 Å². The fourth-order valence-corrected chi connectivity index (χ4v) is 0.852. The Hall–Kier alpha value is -1.19. The highest BCUT2D eigenvalue weighted by Gasteiger charge is 2.10. The van der Waals surface area contributed by atoms with Gasteiger partial charge in [0.15, 0.2) is 18.4 Å². The van der Waals surface area contributed by atoms with Crippen LogP contribution >= 0.6 is 0 Å². The maximum atomic E-state index is 12.9. The maximum Gasteiger partial charge on any atom is 0.182 e. The predicted molar refractivity (Wildman–Crippen MR) is 40.7 cm³/mol. The Bertz CT molecular complexity index is 275. The van der Waals surface area contributed by atoms with Crippen LogP contribution in [0.5, 0.6) is 0 Å². The lowest BCUT2D eigenvalue weighted by molar-refractivity contribution is 0.472. The topological polar surface area (TPSA) is 3.24 Å². The van der Waals surface area contributed by atoms with E-state index in [1.165, 1.54) is 19.2 Å². The average molecular weight is 175 g/mol. The molecule has 12 heavy (non-hydrogen) atoms. The molecule has 0 fully saturated rings. The molecule has 0 unspecified atom stereocenters. The lowest BCUT2D eigenvalue weighted by Gasteiger charge is -2.14. The summed E-state index contributed by atoms with van der Waals surface area (Å²) >= 11 is 0. The van der Waals surface area contributed by atoms with Crippen molar-refractivity contribution in [2.45, 2.75) is 0 Å². The summed E-state index contributed by atoms with van der Waals surface area (Å²) in [5, 5.41) is 0. The Labute approximate surface area is 68.4 Å². The molecule has 0 saturated carbocycles. The van der Waals surface area contributed by atoms with Crippen LogP contribution in [0.2, 0.25) is 0 Å². The van der Waals surface area contributed by atoms with Crippen molar-refractivity contribution >= 4 is 5.69 Å². The van der Waals surface area contributed by atoms with Crippen molar-refractivity contribution in [3.63, 3.8) is 0 Å². The van der Waals surface area contributed by atoms with Gasteiger partial charge in [-0.3, -0.25) is 0 Å². The molecule has 1 rings (SSSR count). The Morgan fingerprint density at radius 1 is 1.33 bits per heavy atom. The Balaban J connectivity index is 3.07. The van der Waals surface area contributed by atoms with E-state index in [-0.39, 0.29) is 5.69 Å². The first-order chi connectivity index (χ1) is 5.66. The van der Waals surface area contributed by atoms with Gasteiger partial charge in [0, 0.05) is 7.05 Å². The Kier molecular flexibility index (Phi) is 2.58. The smallest absolute Gasteiger partial charge is 0.182 e. The van der Waals surface area contributed by atoms with Crippen molar-refractivity contribution in [1.82, 2.24) is 0 Å². The number of nitrogens with zero attached hydrogens (tertiary/aromatic N) is 1. The van der Waals surface area contributed by atoms with Crippen LogP contribution in [-0.4, -0.2) is 13.8 Å². The first-order valence-electron chi connectivity index (χ1n) is 3.38. The SMILES string of the molecule is CN(CF)c1cccc(F)c1F. The molecular formula is C8H8F3N. The van der Waals surface area contributed by atoms with E-state index >= 15 is 0 Å². The summed E-state index contributed by atoms with van der Waals surface area (Å²) in [6.07, 6.45) is 0. The van der Waals surface area contributed by atoms with Crippen molar-refractivity contribution < 1.29 is 13.2 Å². The van der Waals surface area contributed by atoms with E-state index in [0.29, 0.717) is 0 Å². The average Bonchev–Trinajstić information content (AvgIpc) is 2.08. The fourth-order valence-electron chi connectivity index (χ4n) is 0.852. The standard InChI is InChI=1S/C8H8F3N/c1-12(5-9)7-4-2-3-6(10)8(7)11/h2-4H,5H2,1H3. The van der Waals surface area contributed by atoms with Gasteiger partial charge in [-0.05, 0) is 12.1 Å². The summed E-state index contributed by atoms with van der Waals surface area (Å²) in [6.45, 7) is -0.847. The number of hydrogen-bond acceptors (Lipinski definition) is 1. The summed E-state index contributed by atoms with van der Waals surface area (Å²) in [5.74, 6) is -1.98. The quantitative estimate of drug-likeness (QED) is 0.623. The maximum absolute atomic E-state index is 12.9. The molecule has 0 heterocycles. The molecule has 1 nitrogen and oxygen atoms in total. The molecule has 0 N–H and O–H groups in total. The van der Waals surface area contributed by atoms with Crippen LogP contribution in [0.3, 0.4) is 0 Å². The van der Waals surface area contributed by atoms with Gasteiger partial charge in [0.2, 0.25) is 0 Å². The number of halogens is 3. The van der Waals surface area contributed by atoms with E-state index in [2.05, 4.69) is 0 Å². The van der Waals surface area contributed by atoms with Crippen molar-refractivity contribution in [3.05, 3.63) is 29.8 Å². The normalized spacial score (nSPS) is 10.0. The van der Waals surface area contributed by atoms with Crippen LogP contribution in [0, 0.1) is 11.6 Å². The molecule has 1 aromatic rings. The molecule has 0 radical (unpaired) electrons. The van der Waals surface area contributed by atoms with Gasteiger partial charge >= 0.3 is 0 Å². The van der Waals surface area contributed by atoms with E-state index < -0.39 is 18.4 Å². The lowest BCUT2D eigenvalue weighted by Crippen LogP contribution is -2.16. The first kappa shape index (κ1) is 8.90. The summed E-state index contributed by atoms with van der Waals surface area (Å²) < 4.78 is 37.4. The van der Waals surface area contributed by atoms with E-state index in [1.807, 2.05) is 0 Å². The molecule has 0 aliphatic carbocycles. The van der Waals surface area contributed by atoms with Gasteiger partial charge in [0.05, 0.1) is 5.69 Å². The third-order valence-electron chi connectivity index (χ3n) is 1.52. The van der Waals surface area contributed by atoms with Crippen LogP contribution in [0.4, 0.5) is 18.9 Å². The molecule has 0 aliphatic rings. The molecule has 1 aromatic carbocycles. The minimum atomic E-state index is -1.02. The number of alkyl halides is 1. The van der Waals surface area contributed by atoms with E-state index in [0.717, 1.165) is 11.0 Å². The molecule has 0 atom stereocenters. The summed E-state index contributed by atoms with van der Waals surface area (Å²) in [6, 6.07) is 3.64. The highest BCUT2D eigenvalue weighted by molar-refractivity contribution is 5.46. The third kappa shape index (κ3) is 1.52. The molecule has 0 aliphatic heterocycles. The molecule has 66 valence electrons. The van der Waals surface area contributed by atoms with Crippen molar-refractivity contribution in [2.75, 3.05) is 18.7 Å². The minimum absolute atomic E-state index is 0.0718. The largest absolute Gasteiger partial charge is 0.345 e. The zero-order valence-corrected chi connectivity index (χ0v) is 6.52. The fraction of sp³-hybridized carbons (Fsp3) is 0.250. The van der Waals surface area contributed by atoms with Crippen LogP contribution in [0.1, 0.15) is 0 Å². The highest BCUT2D eigenvalue weighted by atomic mass is 19.2. The molecule has 0 spiro atoms. The van der Waals surface area contributed by atoms with E-state index in [9.17, 15) is 13.2 Å². The molecule has 0 saturated heterocycles. The monoisotopic (exact) mass is 175 g/mol. The predicted octanol–water partition coefficient (Wildman–Crippen LogP) is 2.33. The molecule has 4 heteroatoms. The molecule has 0 bridgehead atoms. The minimum Gasteiger partial charge on any atom is -0.345 e. The number of anilines is 1. The van der Waals surface area contributed by atoms with Crippen LogP contribution in [0.15, 0.2) is 18.2 Å². The van der Waals surface area contributed by atoms with Crippen molar-refractivity contribution in [2.24, 2.45) is 0 Å². The van der Waals surface area contributed by atoms with Gasteiger partial charge in [-0.15, -0.1) is 0 Å². The van der Waals surface area contributed by atoms with Crippen LogP contribution in [-0.2, 0) is 0 Å². The lowest BCUT2D eigenvalue weighted by atomic mass is 10.3. The number of rotatable bonds is 2. The second kappa shape index (κ2) is 3.47. The van der Waals surface area contributed by atoms with Crippen molar-refractivity contribution in [1.29, 1.82) is 0 Å². The van der Waals surface area contributed by atoms with E-state index in [1.54, 1.807) is 0 Å². The highest BCUT2D eigenvalue weighted by Crippen LogP contribution is 2.19. The van der Waals surface area contributed by atoms with Gasteiger partial charge < -0.3 is 4.90 Å². The number of hydrogen-bond donors (Lipinski definition) is 0. The van der Waals surface area contributed by atoms with Gasteiger partial charge in [-0.25, -0.2) is 13.2 Å². The summed E-state index contributed by atoms with van der Waals surface area (Å²) in [4.78, 5) is 0.985.